The summed E-state index contributed by atoms with van der Waals surface area (Å²) in [5, 5.41) is 13.8. The highest BCUT2D eigenvalue weighted by Crippen LogP contribution is 2.08. The van der Waals surface area contributed by atoms with Crippen LogP contribution in [0.25, 0.3) is 0 Å². The third kappa shape index (κ3) is 2.60. The SMILES string of the molecule is Cc1ccnnc1NN=Cc1cccs1. The first-order valence-electron chi connectivity index (χ1n) is 4.47. The van der Waals surface area contributed by atoms with Gasteiger partial charge < -0.3 is 0 Å². The Labute approximate surface area is 91.7 Å². The highest BCUT2D eigenvalue weighted by atomic mass is 32.1. The van der Waals surface area contributed by atoms with Crippen LogP contribution in [0, 0.1) is 6.92 Å². The quantitative estimate of drug-likeness (QED) is 0.635. The molecule has 0 aliphatic carbocycles. The Kier molecular flexibility index (Phi) is 3.04. The fourth-order valence-corrected chi connectivity index (χ4v) is 1.61. The van der Waals surface area contributed by atoms with Crippen LogP contribution in [0.4, 0.5) is 5.82 Å². The predicted octanol–water partition coefficient (Wildman–Crippen LogP) is 2.29. The monoisotopic (exact) mass is 218 g/mol. The van der Waals surface area contributed by atoms with Crippen LogP contribution in [0.2, 0.25) is 0 Å². The summed E-state index contributed by atoms with van der Waals surface area (Å²) in [6.07, 6.45) is 3.42. The van der Waals surface area contributed by atoms with Crippen molar-refractivity contribution in [2.75, 3.05) is 5.43 Å². The first-order chi connectivity index (χ1) is 7.36. The van der Waals surface area contributed by atoms with Crippen molar-refractivity contribution in [3.8, 4) is 0 Å². The van der Waals surface area contributed by atoms with Gasteiger partial charge in [0.1, 0.15) is 0 Å². The van der Waals surface area contributed by atoms with Crippen molar-refractivity contribution in [1.29, 1.82) is 0 Å². The summed E-state index contributed by atoms with van der Waals surface area (Å²) in [5.74, 6) is 0.685. The topological polar surface area (TPSA) is 50.2 Å². The van der Waals surface area contributed by atoms with E-state index in [2.05, 4.69) is 20.7 Å². The molecular weight excluding hydrogens is 208 g/mol. The lowest BCUT2D eigenvalue weighted by Gasteiger charge is -1.99. The molecule has 0 aliphatic heterocycles. The molecule has 2 rings (SSSR count). The summed E-state index contributed by atoms with van der Waals surface area (Å²) in [6, 6.07) is 5.87. The zero-order valence-corrected chi connectivity index (χ0v) is 9.03. The molecule has 1 N–H and O–H groups in total. The maximum absolute atomic E-state index is 4.08. The standard InChI is InChI=1S/C10H10N4S/c1-8-4-5-11-13-10(8)14-12-7-9-3-2-6-15-9/h2-7H,1H3,(H,13,14). The average Bonchev–Trinajstić information content (AvgIpc) is 2.74. The Morgan fingerprint density at radius 2 is 2.40 bits per heavy atom. The van der Waals surface area contributed by atoms with Gasteiger partial charge in [0, 0.05) is 4.88 Å². The lowest BCUT2D eigenvalue weighted by molar-refractivity contribution is 1.01. The normalized spacial score (nSPS) is 10.7. The van der Waals surface area contributed by atoms with Gasteiger partial charge >= 0.3 is 0 Å². The second-order valence-electron chi connectivity index (χ2n) is 2.95. The van der Waals surface area contributed by atoms with Crippen LogP contribution >= 0.6 is 11.3 Å². The van der Waals surface area contributed by atoms with Crippen molar-refractivity contribution in [2.45, 2.75) is 6.92 Å². The van der Waals surface area contributed by atoms with Crippen molar-refractivity contribution in [1.82, 2.24) is 10.2 Å². The highest BCUT2D eigenvalue weighted by Gasteiger charge is 1.95. The largest absolute Gasteiger partial charge is 0.260 e. The van der Waals surface area contributed by atoms with Crippen molar-refractivity contribution in [3.63, 3.8) is 0 Å². The Morgan fingerprint density at radius 1 is 1.47 bits per heavy atom. The van der Waals surface area contributed by atoms with Crippen LogP contribution < -0.4 is 5.43 Å². The van der Waals surface area contributed by atoms with E-state index in [-0.39, 0.29) is 0 Å². The molecule has 0 bridgehead atoms. The van der Waals surface area contributed by atoms with Crippen LogP contribution in [0.5, 0.6) is 0 Å². The molecule has 0 atom stereocenters. The summed E-state index contributed by atoms with van der Waals surface area (Å²) in [4.78, 5) is 1.10. The summed E-state index contributed by atoms with van der Waals surface area (Å²) in [6.45, 7) is 1.96. The van der Waals surface area contributed by atoms with Gasteiger partial charge in [-0.05, 0) is 30.0 Å². The van der Waals surface area contributed by atoms with Gasteiger partial charge in [-0.3, -0.25) is 5.43 Å². The molecule has 0 spiro atoms. The fraction of sp³-hybridized carbons (Fsp3) is 0.100. The number of rotatable bonds is 3. The van der Waals surface area contributed by atoms with Gasteiger partial charge in [0.05, 0.1) is 12.4 Å². The number of aromatic nitrogens is 2. The lowest BCUT2D eigenvalue weighted by Crippen LogP contribution is -1.96. The minimum absolute atomic E-state index is 0.685. The maximum Gasteiger partial charge on any atom is 0.171 e. The third-order valence-electron chi connectivity index (χ3n) is 1.83. The lowest BCUT2D eigenvalue weighted by atomic mass is 10.3. The minimum atomic E-state index is 0.685. The molecule has 0 saturated carbocycles. The Balaban J connectivity index is 2.02. The summed E-state index contributed by atoms with van der Waals surface area (Å²) in [5.41, 5.74) is 3.88. The zero-order valence-electron chi connectivity index (χ0n) is 8.21. The van der Waals surface area contributed by atoms with Gasteiger partial charge in [0.2, 0.25) is 0 Å². The number of hydrogen-bond acceptors (Lipinski definition) is 5. The number of hydrogen-bond donors (Lipinski definition) is 1. The van der Waals surface area contributed by atoms with Crippen molar-refractivity contribution in [3.05, 3.63) is 40.2 Å². The first kappa shape index (κ1) is 9.79. The van der Waals surface area contributed by atoms with E-state index in [0.29, 0.717) is 5.82 Å². The van der Waals surface area contributed by atoms with Gasteiger partial charge in [0.25, 0.3) is 0 Å². The number of thiophene rings is 1. The summed E-state index contributed by atoms with van der Waals surface area (Å²) < 4.78 is 0. The van der Waals surface area contributed by atoms with E-state index in [9.17, 15) is 0 Å². The summed E-state index contributed by atoms with van der Waals surface area (Å²) in [7, 11) is 0. The van der Waals surface area contributed by atoms with Gasteiger partial charge in [-0.1, -0.05) is 6.07 Å². The molecule has 2 aromatic rings. The smallest absolute Gasteiger partial charge is 0.171 e. The molecule has 2 aromatic heterocycles. The van der Waals surface area contributed by atoms with Crippen LogP contribution in [-0.2, 0) is 0 Å². The molecule has 0 unspecified atom stereocenters. The number of hydrazone groups is 1. The first-order valence-corrected chi connectivity index (χ1v) is 5.35. The van der Waals surface area contributed by atoms with Crippen molar-refractivity contribution < 1.29 is 0 Å². The molecule has 0 aromatic carbocycles. The van der Waals surface area contributed by atoms with E-state index in [1.807, 2.05) is 30.5 Å². The van der Waals surface area contributed by atoms with E-state index in [1.54, 1.807) is 23.7 Å². The summed E-state index contributed by atoms with van der Waals surface area (Å²) >= 11 is 1.64. The van der Waals surface area contributed by atoms with Gasteiger partial charge in [-0.15, -0.1) is 16.4 Å². The molecule has 5 heteroatoms. The second-order valence-corrected chi connectivity index (χ2v) is 3.93. The van der Waals surface area contributed by atoms with Crippen LogP contribution in [-0.4, -0.2) is 16.4 Å². The molecule has 4 nitrogen and oxygen atoms in total. The van der Waals surface area contributed by atoms with E-state index in [0.717, 1.165) is 10.4 Å². The van der Waals surface area contributed by atoms with Crippen molar-refractivity contribution in [2.24, 2.45) is 5.10 Å². The van der Waals surface area contributed by atoms with Crippen molar-refractivity contribution >= 4 is 23.4 Å². The minimum Gasteiger partial charge on any atom is -0.260 e. The number of anilines is 1. The van der Waals surface area contributed by atoms with Gasteiger partial charge in [-0.2, -0.15) is 10.2 Å². The molecule has 76 valence electrons. The van der Waals surface area contributed by atoms with Gasteiger partial charge in [0.15, 0.2) is 5.82 Å². The molecule has 0 amide bonds. The molecule has 0 radical (unpaired) electrons. The van der Waals surface area contributed by atoms with E-state index in [1.165, 1.54) is 0 Å². The molecule has 0 saturated heterocycles. The van der Waals surface area contributed by atoms with Crippen LogP contribution in [0.3, 0.4) is 0 Å². The molecule has 15 heavy (non-hydrogen) atoms. The highest BCUT2D eigenvalue weighted by molar-refractivity contribution is 7.11. The Morgan fingerprint density at radius 3 is 3.13 bits per heavy atom. The number of aryl methyl sites for hydroxylation is 1. The zero-order chi connectivity index (χ0) is 10.5. The van der Waals surface area contributed by atoms with Crippen LogP contribution in [0.15, 0.2) is 34.9 Å². The average molecular weight is 218 g/mol. The van der Waals surface area contributed by atoms with E-state index in [4.69, 9.17) is 0 Å². The number of nitrogens with zero attached hydrogens (tertiary/aromatic N) is 3. The van der Waals surface area contributed by atoms with Crippen LogP contribution in [0.1, 0.15) is 10.4 Å². The number of nitrogens with one attached hydrogen (secondary N) is 1. The molecular formula is C10H10N4S. The van der Waals surface area contributed by atoms with E-state index >= 15 is 0 Å². The van der Waals surface area contributed by atoms with E-state index < -0.39 is 0 Å². The van der Waals surface area contributed by atoms with Gasteiger partial charge in [-0.25, -0.2) is 0 Å². The molecule has 0 aliphatic rings. The Hall–Kier alpha value is -1.75. The molecule has 2 heterocycles. The molecule has 0 fully saturated rings. The fourth-order valence-electron chi connectivity index (χ4n) is 1.03. The maximum atomic E-state index is 4.08. The third-order valence-corrected chi connectivity index (χ3v) is 2.63. The second kappa shape index (κ2) is 4.65. The Bertz CT molecular complexity index is 450. The predicted molar refractivity (Wildman–Crippen MR) is 62.3 cm³/mol.